The Kier molecular flexibility index (Phi) is 4.38. The molecule has 2 N–H and O–H groups in total. The number of rotatable bonds is 5. The number of nitrogens with zero attached hydrogens (tertiary/aromatic N) is 2. The molecule has 0 aliphatic carbocycles. The van der Waals surface area contributed by atoms with Crippen molar-refractivity contribution in [3.63, 3.8) is 0 Å². The van der Waals surface area contributed by atoms with Crippen molar-refractivity contribution >= 4 is 11.6 Å². The molecule has 2 heterocycles. The van der Waals surface area contributed by atoms with Crippen molar-refractivity contribution in [1.29, 1.82) is 0 Å². The quantitative estimate of drug-likeness (QED) is 0.678. The van der Waals surface area contributed by atoms with Crippen LogP contribution in [0.4, 0.5) is 5.69 Å². The van der Waals surface area contributed by atoms with Gasteiger partial charge < -0.3 is 15.0 Å². The van der Waals surface area contributed by atoms with Gasteiger partial charge in [0.15, 0.2) is 0 Å². The second kappa shape index (κ2) is 6.99. The summed E-state index contributed by atoms with van der Waals surface area (Å²) < 4.78 is 5.23. The van der Waals surface area contributed by atoms with Crippen molar-refractivity contribution in [1.82, 2.24) is 15.1 Å². The van der Waals surface area contributed by atoms with Crippen LogP contribution >= 0.6 is 0 Å². The highest BCUT2D eigenvalue weighted by Crippen LogP contribution is 2.36. The number of methoxy groups -OCH3 is 1. The number of amides is 1. The number of carbonyl (C=O) groups excluding carboxylic acids is 1. The highest BCUT2D eigenvalue weighted by molar-refractivity contribution is 6.02. The van der Waals surface area contributed by atoms with Crippen molar-refractivity contribution in [2.24, 2.45) is 0 Å². The predicted octanol–water partition coefficient (Wildman–Crippen LogP) is 3.84. The fourth-order valence-corrected chi connectivity index (χ4v) is 3.36. The third-order valence-corrected chi connectivity index (χ3v) is 4.69. The van der Waals surface area contributed by atoms with Gasteiger partial charge in [-0.15, -0.1) is 6.58 Å². The Balaban J connectivity index is 1.77. The molecule has 1 atom stereocenters. The van der Waals surface area contributed by atoms with E-state index >= 15 is 0 Å². The summed E-state index contributed by atoms with van der Waals surface area (Å²) in [6, 6.07) is 15.3. The number of nitrogens with one attached hydrogen (secondary N) is 2. The van der Waals surface area contributed by atoms with E-state index in [0.29, 0.717) is 12.1 Å². The van der Waals surface area contributed by atoms with E-state index in [9.17, 15) is 4.79 Å². The van der Waals surface area contributed by atoms with Crippen LogP contribution in [0.5, 0.6) is 5.75 Å². The molecule has 1 aromatic heterocycles. The molecule has 0 fully saturated rings. The SMILES string of the molecule is C=CCN1C(=O)c2ccccc2NC1c1cn[nH]c1-c1ccc(OC)cc1. The molecular formula is C21H20N4O2. The van der Waals surface area contributed by atoms with Gasteiger partial charge in [0.1, 0.15) is 11.9 Å². The van der Waals surface area contributed by atoms with E-state index in [4.69, 9.17) is 4.74 Å². The van der Waals surface area contributed by atoms with Gasteiger partial charge in [-0.25, -0.2) is 0 Å². The zero-order valence-electron chi connectivity index (χ0n) is 15.0. The van der Waals surface area contributed by atoms with E-state index < -0.39 is 0 Å². The van der Waals surface area contributed by atoms with Gasteiger partial charge >= 0.3 is 0 Å². The molecule has 0 saturated heterocycles. The Morgan fingerprint density at radius 1 is 1.22 bits per heavy atom. The number of hydrogen-bond donors (Lipinski definition) is 2. The number of hydrogen-bond acceptors (Lipinski definition) is 4. The fraction of sp³-hybridized carbons (Fsp3) is 0.143. The molecular weight excluding hydrogens is 340 g/mol. The van der Waals surface area contributed by atoms with Crippen molar-refractivity contribution < 1.29 is 9.53 Å². The molecule has 3 aromatic rings. The molecule has 1 unspecified atom stereocenters. The van der Waals surface area contributed by atoms with Crippen molar-refractivity contribution in [3.05, 3.63) is 78.5 Å². The maximum absolute atomic E-state index is 13.0. The van der Waals surface area contributed by atoms with Gasteiger partial charge in [0.05, 0.1) is 24.6 Å². The molecule has 0 spiro atoms. The van der Waals surface area contributed by atoms with Crippen molar-refractivity contribution in [2.45, 2.75) is 6.17 Å². The molecule has 0 radical (unpaired) electrons. The first-order valence-corrected chi connectivity index (χ1v) is 8.68. The number of carbonyl (C=O) groups is 1. The fourth-order valence-electron chi connectivity index (χ4n) is 3.36. The van der Waals surface area contributed by atoms with Gasteiger partial charge in [0.2, 0.25) is 0 Å². The van der Waals surface area contributed by atoms with Crippen LogP contribution in [0.15, 0.2) is 67.4 Å². The molecule has 1 aliphatic rings. The van der Waals surface area contributed by atoms with Crippen LogP contribution in [0.3, 0.4) is 0 Å². The van der Waals surface area contributed by atoms with Crippen LogP contribution in [0.1, 0.15) is 22.1 Å². The summed E-state index contributed by atoms with van der Waals surface area (Å²) in [4.78, 5) is 14.8. The highest BCUT2D eigenvalue weighted by atomic mass is 16.5. The zero-order chi connectivity index (χ0) is 18.8. The first kappa shape index (κ1) is 16.9. The van der Waals surface area contributed by atoms with E-state index in [1.165, 1.54) is 0 Å². The summed E-state index contributed by atoms with van der Waals surface area (Å²) in [6.07, 6.45) is 3.14. The number of anilines is 1. The first-order valence-electron chi connectivity index (χ1n) is 8.68. The highest BCUT2D eigenvalue weighted by Gasteiger charge is 2.34. The van der Waals surface area contributed by atoms with Crippen LogP contribution < -0.4 is 10.1 Å². The van der Waals surface area contributed by atoms with Crippen LogP contribution in [-0.4, -0.2) is 34.7 Å². The number of para-hydroxylation sites is 1. The van der Waals surface area contributed by atoms with Gasteiger partial charge in [0.25, 0.3) is 5.91 Å². The lowest BCUT2D eigenvalue weighted by atomic mass is 10.0. The molecule has 6 nitrogen and oxygen atoms in total. The lowest BCUT2D eigenvalue weighted by Gasteiger charge is -2.37. The Morgan fingerprint density at radius 2 is 2.00 bits per heavy atom. The normalized spacial score (nSPS) is 15.8. The molecule has 0 bridgehead atoms. The number of benzene rings is 2. The maximum atomic E-state index is 13.0. The third kappa shape index (κ3) is 2.95. The van der Waals surface area contributed by atoms with Gasteiger partial charge in [-0.3, -0.25) is 9.89 Å². The second-order valence-electron chi connectivity index (χ2n) is 6.27. The van der Waals surface area contributed by atoms with E-state index in [1.54, 1.807) is 24.3 Å². The van der Waals surface area contributed by atoms with Crippen LogP contribution in [-0.2, 0) is 0 Å². The average molecular weight is 360 g/mol. The van der Waals surface area contributed by atoms with Gasteiger partial charge in [-0.1, -0.05) is 18.2 Å². The van der Waals surface area contributed by atoms with E-state index in [1.807, 2.05) is 48.5 Å². The number of fused-ring (bicyclic) bond motifs is 1. The van der Waals surface area contributed by atoms with E-state index in [-0.39, 0.29) is 12.1 Å². The molecule has 136 valence electrons. The first-order chi connectivity index (χ1) is 13.2. The maximum Gasteiger partial charge on any atom is 0.258 e. The summed E-state index contributed by atoms with van der Waals surface area (Å²) in [5.74, 6) is 0.754. The van der Waals surface area contributed by atoms with Crippen LogP contribution in [0.2, 0.25) is 0 Å². The molecule has 1 aliphatic heterocycles. The van der Waals surface area contributed by atoms with Gasteiger partial charge in [-0.05, 0) is 36.4 Å². The number of H-pyrrole nitrogens is 1. The second-order valence-corrected chi connectivity index (χ2v) is 6.27. The standard InChI is InChI=1S/C21H20N4O2/c1-3-12-25-20(23-18-7-5-4-6-16(18)21(25)26)17-13-22-24-19(17)14-8-10-15(27-2)11-9-14/h3-11,13,20,23H,1,12H2,2H3,(H,22,24). The molecule has 0 saturated carbocycles. The molecule has 27 heavy (non-hydrogen) atoms. The summed E-state index contributed by atoms with van der Waals surface area (Å²) >= 11 is 0. The van der Waals surface area contributed by atoms with Gasteiger partial charge in [0, 0.05) is 23.4 Å². The zero-order valence-corrected chi connectivity index (χ0v) is 15.0. The molecule has 4 rings (SSSR count). The monoisotopic (exact) mass is 360 g/mol. The lowest BCUT2D eigenvalue weighted by Crippen LogP contribution is -2.43. The number of aromatic amines is 1. The minimum atomic E-state index is -0.346. The van der Waals surface area contributed by atoms with E-state index in [0.717, 1.165) is 28.3 Å². The Morgan fingerprint density at radius 3 is 2.74 bits per heavy atom. The number of aromatic nitrogens is 2. The third-order valence-electron chi connectivity index (χ3n) is 4.69. The topological polar surface area (TPSA) is 70.2 Å². The largest absolute Gasteiger partial charge is 0.497 e. The Hall–Kier alpha value is -3.54. The average Bonchev–Trinajstić information content (AvgIpc) is 3.20. The van der Waals surface area contributed by atoms with Crippen LogP contribution in [0.25, 0.3) is 11.3 Å². The molecule has 2 aromatic carbocycles. The van der Waals surface area contributed by atoms with Crippen LogP contribution in [0, 0.1) is 0 Å². The molecule has 1 amide bonds. The lowest BCUT2D eigenvalue weighted by molar-refractivity contribution is 0.0708. The summed E-state index contributed by atoms with van der Waals surface area (Å²) in [5.41, 5.74) is 4.19. The Labute approximate surface area is 157 Å². The van der Waals surface area contributed by atoms with E-state index in [2.05, 4.69) is 22.1 Å². The predicted molar refractivity (Wildman–Crippen MR) is 105 cm³/mol. The minimum Gasteiger partial charge on any atom is -0.497 e. The smallest absolute Gasteiger partial charge is 0.258 e. The summed E-state index contributed by atoms with van der Waals surface area (Å²) in [7, 11) is 1.64. The minimum absolute atomic E-state index is 0.0314. The van der Waals surface area contributed by atoms with Gasteiger partial charge in [-0.2, -0.15) is 5.10 Å². The van der Waals surface area contributed by atoms with Crippen molar-refractivity contribution in [3.8, 4) is 17.0 Å². The molecule has 6 heteroatoms. The van der Waals surface area contributed by atoms with Crippen molar-refractivity contribution in [2.75, 3.05) is 19.0 Å². The Bertz CT molecular complexity index is 978. The summed E-state index contributed by atoms with van der Waals surface area (Å²) in [6.45, 7) is 4.23. The summed E-state index contributed by atoms with van der Waals surface area (Å²) in [5, 5.41) is 10.8. The number of ether oxygens (including phenoxy) is 1.